The molecule has 0 saturated heterocycles. The first-order valence-corrected chi connectivity index (χ1v) is 7.25. The molecular formula is C12H12F2N2S2. The minimum atomic E-state index is -0.552. The van der Waals surface area contributed by atoms with Gasteiger partial charge in [0.15, 0.2) is 5.13 Å². The Labute approximate surface area is 112 Å². The number of benzene rings is 1. The van der Waals surface area contributed by atoms with E-state index in [9.17, 15) is 8.78 Å². The molecule has 0 amide bonds. The normalized spacial score (nSPS) is 10.6. The Kier molecular flexibility index (Phi) is 4.54. The van der Waals surface area contributed by atoms with Gasteiger partial charge < -0.3 is 5.32 Å². The molecule has 1 heterocycles. The molecule has 0 spiro atoms. The number of hydrogen-bond donors (Lipinski definition) is 1. The summed E-state index contributed by atoms with van der Waals surface area (Å²) in [5, 5.41) is 3.99. The predicted octanol–water partition coefficient (Wildman–Crippen LogP) is 4.15. The van der Waals surface area contributed by atoms with Gasteiger partial charge in [0.25, 0.3) is 0 Å². The van der Waals surface area contributed by atoms with Crippen molar-refractivity contribution in [3.05, 3.63) is 40.9 Å². The standard InChI is InChI=1S/C12H12F2N2S2/c1-2-15-12-16-6-9(18-12)7-17-11-4-3-8(13)5-10(11)14/h3-6H,2,7H2,1H3,(H,15,16). The van der Waals surface area contributed by atoms with Crippen LogP contribution in [0.5, 0.6) is 0 Å². The molecule has 1 N–H and O–H groups in total. The Bertz CT molecular complexity index is 529. The van der Waals surface area contributed by atoms with Gasteiger partial charge in [-0.15, -0.1) is 23.1 Å². The summed E-state index contributed by atoms with van der Waals surface area (Å²) in [4.78, 5) is 5.70. The monoisotopic (exact) mass is 286 g/mol. The van der Waals surface area contributed by atoms with E-state index in [2.05, 4.69) is 10.3 Å². The lowest BCUT2D eigenvalue weighted by molar-refractivity contribution is 0.565. The summed E-state index contributed by atoms with van der Waals surface area (Å²) in [5.41, 5.74) is 0. The molecule has 2 rings (SSSR count). The average molecular weight is 286 g/mol. The first kappa shape index (κ1) is 13.3. The van der Waals surface area contributed by atoms with Crippen LogP contribution in [0.3, 0.4) is 0 Å². The lowest BCUT2D eigenvalue weighted by Crippen LogP contribution is -1.94. The van der Waals surface area contributed by atoms with E-state index in [1.54, 1.807) is 17.5 Å². The van der Waals surface area contributed by atoms with Crippen LogP contribution in [0.4, 0.5) is 13.9 Å². The largest absolute Gasteiger partial charge is 0.362 e. The maximum atomic E-state index is 13.4. The van der Waals surface area contributed by atoms with Crippen LogP contribution in [0.1, 0.15) is 11.8 Å². The summed E-state index contributed by atoms with van der Waals surface area (Å²) in [6, 6.07) is 3.63. The Balaban J connectivity index is 1.97. The number of anilines is 1. The second kappa shape index (κ2) is 6.15. The van der Waals surface area contributed by atoms with Gasteiger partial charge in [-0.25, -0.2) is 13.8 Å². The second-order valence-corrected chi connectivity index (χ2v) is 5.66. The zero-order valence-corrected chi connectivity index (χ0v) is 11.4. The van der Waals surface area contributed by atoms with Gasteiger partial charge in [-0.3, -0.25) is 0 Å². The molecule has 6 heteroatoms. The molecule has 0 aliphatic carbocycles. The van der Waals surface area contributed by atoms with Crippen LogP contribution < -0.4 is 5.32 Å². The van der Waals surface area contributed by atoms with Crippen LogP contribution in [0.25, 0.3) is 0 Å². The minimum Gasteiger partial charge on any atom is -0.362 e. The van der Waals surface area contributed by atoms with E-state index in [0.29, 0.717) is 10.6 Å². The molecule has 18 heavy (non-hydrogen) atoms. The molecule has 2 nitrogen and oxygen atoms in total. The van der Waals surface area contributed by atoms with Crippen molar-refractivity contribution in [2.24, 2.45) is 0 Å². The summed E-state index contributed by atoms with van der Waals surface area (Å²) >= 11 is 2.89. The Hall–Kier alpha value is -1.14. The Morgan fingerprint density at radius 1 is 1.39 bits per heavy atom. The number of halogens is 2. The highest BCUT2D eigenvalue weighted by atomic mass is 32.2. The third-order valence-electron chi connectivity index (χ3n) is 2.15. The predicted molar refractivity (Wildman–Crippen MR) is 72.2 cm³/mol. The Morgan fingerprint density at radius 2 is 2.22 bits per heavy atom. The number of nitrogens with one attached hydrogen (secondary N) is 1. The minimum absolute atomic E-state index is 0.454. The van der Waals surface area contributed by atoms with Crippen LogP contribution in [0.2, 0.25) is 0 Å². The summed E-state index contributed by atoms with van der Waals surface area (Å²) in [7, 11) is 0. The number of hydrogen-bond acceptors (Lipinski definition) is 4. The highest BCUT2D eigenvalue weighted by molar-refractivity contribution is 7.98. The molecule has 2 aromatic rings. The smallest absolute Gasteiger partial charge is 0.182 e. The van der Waals surface area contributed by atoms with Crippen molar-refractivity contribution in [1.82, 2.24) is 4.98 Å². The van der Waals surface area contributed by atoms with E-state index in [0.717, 1.165) is 22.6 Å². The van der Waals surface area contributed by atoms with Gasteiger partial charge in [0.1, 0.15) is 11.6 Å². The third kappa shape index (κ3) is 3.43. The molecule has 96 valence electrons. The lowest BCUT2D eigenvalue weighted by atomic mass is 10.3. The summed E-state index contributed by atoms with van der Waals surface area (Å²) in [6.45, 7) is 2.83. The molecule has 0 bridgehead atoms. The fourth-order valence-corrected chi connectivity index (χ4v) is 3.17. The molecule has 1 aromatic heterocycles. The van der Waals surface area contributed by atoms with Crippen molar-refractivity contribution in [3.8, 4) is 0 Å². The highest BCUT2D eigenvalue weighted by Crippen LogP contribution is 2.29. The third-order valence-corrected chi connectivity index (χ3v) is 4.38. The van der Waals surface area contributed by atoms with Crippen molar-refractivity contribution in [3.63, 3.8) is 0 Å². The summed E-state index contributed by atoms with van der Waals surface area (Å²) in [6.07, 6.45) is 1.77. The summed E-state index contributed by atoms with van der Waals surface area (Å²) < 4.78 is 26.1. The quantitative estimate of drug-likeness (QED) is 0.836. The fraction of sp³-hybridized carbons (Fsp3) is 0.250. The first-order chi connectivity index (χ1) is 8.69. The molecular weight excluding hydrogens is 274 g/mol. The van der Waals surface area contributed by atoms with Crippen molar-refractivity contribution in [2.45, 2.75) is 17.6 Å². The molecule has 0 aliphatic heterocycles. The van der Waals surface area contributed by atoms with Gasteiger partial charge in [-0.2, -0.15) is 0 Å². The van der Waals surface area contributed by atoms with Gasteiger partial charge in [-0.05, 0) is 19.1 Å². The molecule has 0 aliphatic rings. The number of aromatic nitrogens is 1. The second-order valence-electron chi connectivity index (χ2n) is 3.53. The Morgan fingerprint density at radius 3 is 2.94 bits per heavy atom. The van der Waals surface area contributed by atoms with Crippen molar-refractivity contribution >= 4 is 28.2 Å². The number of thioether (sulfide) groups is 1. The van der Waals surface area contributed by atoms with Gasteiger partial charge in [0.2, 0.25) is 0 Å². The van der Waals surface area contributed by atoms with E-state index < -0.39 is 11.6 Å². The number of nitrogens with zero attached hydrogens (tertiary/aromatic N) is 1. The first-order valence-electron chi connectivity index (χ1n) is 5.45. The van der Waals surface area contributed by atoms with Crippen LogP contribution >= 0.6 is 23.1 Å². The molecule has 0 radical (unpaired) electrons. The number of thiazole rings is 1. The molecule has 0 saturated carbocycles. The molecule has 0 fully saturated rings. The van der Waals surface area contributed by atoms with E-state index in [1.807, 2.05) is 6.92 Å². The maximum Gasteiger partial charge on any atom is 0.182 e. The van der Waals surface area contributed by atoms with Crippen LogP contribution in [0, 0.1) is 11.6 Å². The topological polar surface area (TPSA) is 24.9 Å². The highest BCUT2D eigenvalue weighted by Gasteiger charge is 2.06. The maximum absolute atomic E-state index is 13.4. The zero-order chi connectivity index (χ0) is 13.0. The number of rotatable bonds is 5. The fourth-order valence-electron chi connectivity index (χ4n) is 1.35. The average Bonchev–Trinajstić information content (AvgIpc) is 2.76. The SMILES string of the molecule is CCNc1ncc(CSc2ccc(F)cc2F)s1. The van der Waals surface area contributed by atoms with Crippen molar-refractivity contribution in [1.29, 1.82) is 0 Å². The van der Waals surface area contributed by atoms with E-state index >= 15 is 0 Å². The molecule has 0 atom stereocenters. The van der Waals surface area contributed by atoms with E-state index in [1.165, 1.54) is 23.9 Å². The van der Waals surface area contributed by atoms with Gasteiger partial charge >= 0.3 is 0 Å². The lowest BCUT2D eigenvalue weighted by Gasteiger charge is -2.01. The van der Waals surface area contributed by atoms with Crippen molar-refractivity contribution in [2.75, 3.05) is 11.9 Å². The van der Waals surface area contributed by atoms with Crippen LogP contribution in [-0.2, 0) is 5.75 Å². The van der Waals surface area contributed by atoms with E-state index in [4.69, 9.17) is 0 Å². The molecule has 0 unspecified atom stereocenters. The van der Waals surface area contributed by atoms with E-state index in [-0.39, 0.29) is 0 Å². The van der Waals surface area contributed by atoms with Crippen LogP contribution in [-0.4, -0.2) is 11.5 Å². The molecule has 1 aromatic carbocycles. The van der Waals surface area contributed by atoms with Gasteiger partial charge in [0, 0.05) is 34.3 Å². The van der Waals surface area contributed by atoms with Gasteiger partial charge in [0.05, 0.1) is 0 Å². The summed E-state index contributed by atoms with van der Waals surface area (Å²) in [5.74, 6) is -0.438. The van der Waals surface area contributed by atoms with Crippen molar-refractivity contribution < 1.29 is 8.78 Å². The van der Waals surface area contributed by atoms with Crippen LogP contribution in [0.15, 0.2) is 29.3 Å². The van der Waals surface area contributed by atoms with Gasteiger partial charge in [-0.1, -0.05) is 0 Å². The zero-order valence-electron chi connectivity index (χ0n) is 9.74.